The van der Waals surface area contributed by atoms with E-state index in [2.05, 4.69) is 0 Å². The van der Waals surface area contributed by atoms with Gasteiger partial charge in [0.05, 0.1) is 5.25 Å². The summed E-state index contributed by atoms with van der Waals surface area (Å²) in [5, 5.41) is -0.312. The summed E-state index contributed by atoms with van der Waals surface area (Å²) in [6.45, 7) is 2.14. The highest BCUT2D eigenvalue weighted by Gasteiger charge is 2.32. The van der Waals surface area contributed by atoms with Gasteiger partial charge in [0.1, 0.15) is 5.75 Å². The molecule has 1 rings (SSSR count). The number of hydrogen-bond donors (Lipinski definition) is 1. The topological polar surface area (TPSA) is 80.5 Å². The molecule has 1 amide bonds. The molecule has 1 fully saturated rings. The molecule has 0 aromatic carbocycles. The monoisotopic (exact) mass is 298 g/mol. The van der Waals surface area contributed by atoms with Crippen LogP contribution in [0.5, 0.6) is 0 Å². The average molecular weight is 299 g/mol. The molecule has 0 heterocycles. The molecule has 0 aliphatic heterocycles. The largest absolute Gasteiger partial charge is 0.341 e. The third-order valence-corrected chi connectivity index (χ3v) is 5.67. The Hall–Kier alpha value is -0.330. The van der Waals surface area contributed by atoms with Crippen molar-refractivity contribution in [3.8, 4) is 0 Å². The summed E-state index contributed by atoms with van der Waals surface area (Å²) >= 11 is 0. The van der Waals surface area contributed by atoms with Gasteiger partial charge in [-0.15, -0.1) is 12.4 Å². The Kier molecular flexibility index (Phi) is 7.17. The number of halogens is 1. The van der Waals surface area contributed by atoms with Crippen molar-refractivity contribution in [2.75, 3.05) is 19.3 Å². The molecule has 1 atom stereocenters. The molecule has 0 aromatic heterocycles. The first-order valence-electron chi connectivity index (χ1n) is 6.05. The molecule has 0 saturated heterocycles. The Morgan fingerprint density at radius 1 is 1.39 bits per heavy atom. The Balaban J connectivity index is 0.00000289. The number of hydrogen-bond acceptors (Lipinski definition) is 4. The fourth-order valence-electron chi connectivity index (χ4n) is 2.04. The highest BCUT2D eigenvalue weighted by Crippen LogP contribution is 2.25. The number of likely N-dealkylation sites (N-methyl/N-ethyl adjacent to an activating group) is 1. The van der Waals surface area contributed by atoms with Gasteiger partial charge in [0.15, 0.2) is 9.84 Å². The van der Waals surface area contributed by atoms with E-state index in [9.17, 15) is 13.2 Å². The van der Waals surface area contributed by atoms with Crippen molar-refractivity contribution in [3.63, 3.8) is 0 Å². The van der Waals surface area contributed by atoms with Crippen molar-refractivity contribution < 1.29 is 13.2 Å². The number of carbonyl (C=O) groups is 1. The predicted octanol–water partition coefficient (Wildman–Crippen LogP) is 0.571. The molecule has 18 heavy (non-hydrogen) atoms. The lowest BCUT2D eigenvalue weighted by atomic mass is 10.3. The van der Waals surface area contributed by atoms with Crippen molar-refractivity contribution in [2.24, 2.45) is 5.73 Å². The number of rotatable bonds is 5. The third kappa shape index (κ3) is 4.40. The molecule has 0 spiro atoms. The molecular weight excluding hydrogens is 276 g/mol. The van der Waals surface area contributed by atoms with Crippen molar-refractivity contribution in [1.29, 1.82) is 0 Å². The van der Waals surface area contributed by atoms with Crippen LogP contribution in [0.15, 0.2) is 0 Å². The normalized spacial score (nSPS) is 18.2. The first-order valence-corrected chi connectivity index (χ1v) is 7.77. The van der Waals surface area contributed by atoms with Gasteiger partial charge < -0.3 is 10.6 Å². The molecule has 108 valence electrons. The highest BCUT2D eigenvalue weighted by molar-refractivity contribution is 7.92. The number of carbonyl (C=O) groups excluding carboxylic acids is 1. The molecule has 0 aromatic rings. The van der Waals surface area contributed by atoms with E-state index < -0.39 is 9.84 Å². The Morgan fingerprint density at radius 3 is 2.33 bits per heavy atom. The van der Waals surface area contributed by atoms with E-state index in [-0.39, 0.29) is 35.4 Å². The first kappa shape index (κ1) is 17.7. The summed E-state index contributed by atoms with van der Waals surface area (Å²) in [7, 11) is -1.68. The molecule has 1 saturated carbocycles. The van der Waals surface area contributed by atoms with Crippen LogP contribution in [0.25, 0.3) is 0 Å². The third-order valence-electron chi connectivity index (χ3n) is 3.53. The number of amides is 1. The molecule has 1 aliphatic rings. The van der Waals surface area contributed by atoms with Gasteiger partial charge in [0.25, 0.3) is 0 Å². The zero-order valence-electron chi connectivity index (χ0n) is 11.0. The Labute approximate surface area is 115 Å². The minimum Gasteiger partial charge on any atom is -0.341 e. The van der Waals surface area contributed by atoms with Gasteiger partial charge in [0.2, 0.25) is 5.91 Å². The van der Waals surface area contributed by atoms with E-state index in [0.29, 0.717) is 19.4 Å². The minimum atomic E-state index is -3.28. The SMILES string of the molecule is CC(CN)N(C)C(=O)CS(=O)(=O)C1CCCC1.Cl. The fraction of sp³-hybridized carbons (Fsp3) is 0.909. The van der Waals surface area contributed by atoms with E-state index in [4.69, 9.17) is 5.73 Å². The lowest BCUT2D eigenvalue weighted by Crippen LogP contribution is -2.43. The van der Waals surface area contributed by atoms with Gasteiger partial charge in [-0.05, 0) is 19.8 Å². The zero-order valence-corrected chi connectivity index (χ0v) is 12.6. The molecule has 1 aliphatic carbocycles. The zero-order chi connectivity index (χ0) is 13.1. The molecule has 1 unspecified atom stereocenters. The molecular formula is C11H23ClN2O3S. The summed E-state index contributed by atoms with van der Waals surface area (Å²) in [4.78, 5) is 13.2. The number of nitrogens with zero attached hydrogens (tertiary/aromatic N) is 1. The first-order chi connectivity index (χ1) is 7.88. The highest BCUT2D eigenvalue weighted by atomic mass is 35.5. The summed E-state index contributed by atoms with van der Waals surface area (Å²) in [6, 6.07) is -0.124. The van der Waals surface area contributed by atoms with E-state index >= 15 is 0 Å². The minimum absolute atomic E-state index is 0. The maximum absolute atomic E-state index is 12.0. The summed E-state index contributed by atoms with van der Waals surface area (Å²) < 4.78 is 24.0. The second kappa shape index (κ2) is 7.31. The standard InChI is InChI=1S/C11H22N2O3S.ClH/c1-9(7-12)13(2)11(14)8-17(15,16)10-5-3-4-6-10;/h9-10H,3-8,12H2,1-2H3;1H. The fourth-order valence-corrected chi connectivity index (χ4v) is 3.88. The van der Waals surface area contributed by atoms with Crippen molar-refractivity contribution >= 4 is 28.2 Å². The maximum atomic E-state index is 12.0. The van der Waals surface area contributed by atoms with E-state index in [1.165, 1.54) is 4.90 Å². The maximum Gasteiger partial charge on any atom is 0.237 e. The number of nitrogens with two attached hydrogens (primary N) is 1. The van der Waals surface area contributed by atoms with Crippen LogP contribution in [0.4, 0.5) is 0 Å². The van der Waals surface area contributed by atoms with Gasteiger partial charge in [-0.25, -0.2) is 8.42 Å². The molecule has 2 N–H and O–H groups in total. The molecule has 5 nitrogen and oxygen atoms in total. The Bertz CT molecular complexity index is 366. The van der Waals surface area contributed by atoms with Gasteiger partial charge in [-0.2, -0.15) is 0 Å². The summed E-state index contributed by atoms with van der Waals surface area (Å²) in [6.07, 6.45) is 3.30. The summed E-state index contributed by atoms with van der Waals surface area (Å²) in [5.74, 6) is -0.728. The molecule has 0 radical (unpaired) electrons. The summed E-state index contributed by atoms with van der Waals surface area (Å²) in [5.41, 5.74) is 5.45. The van der Waals surface area contributed by atoms with Crippen molar-refractivity contribution in [1.82, 2.24) is 4.90 Å². The van der Waals surface area contributed by atoms with Crippen LogP contribution >= 0.6 is 12.4 Å². The van der Waals surface area contributed by atoms with Gasteiger partial charge in [-0.1, -0.05) is 12.8 Å². The van der Waals surface area contributed by atoms with Crippen molar-refractivity contribution in [3.05, 3.63) is 0 Å². The lowest BCUT2D eigenvalue weighted by molar-refractivity contribution is -0.128. The number of sulfone groups is 1. The molecule has 7 heteroatoms. The quantitative estimate of drug-likeness (QED) is 0.805. The van der Waals surface area contributed by atoms with Crippen LogP contribution in [-0.4, -0.2) is 49.9 Å². The Morgan fingerprint density at radius 2 is 1.89 bits per heavy atom. The van der Waals surface area contributed by atoms with Crippen LogP contribution in [0.2, 0.25) is 0 Å². The second-order valence-electron chi connectivity index (χ2n) is 4.80. The van der Waals surface area contributed by atoms with E-state index in [1.807, 2.05) is 0 Å². The van der Waals surface area contributed by atoms with Gasteiger partial charge >= 0.3 is 0 Å². The van der Waals surface area contributed by atoms with Crippen LogP contribution < -0.4 is 5.73 Å². The lowest BCUT2D eigenvalue weighted by Gasteiger charge is -2.24. The van der Waals surface area contributed by atoms with Gasteiger partial charge in [0, 0.05) is 19.6 Å². The van der Waals surface area contributed by atoms with Crippen LogP contribution in [0, 0.1) is 0 Å². The van der Waals surface area contributed by atoms with Crippen LogP contribution in [0.3, 0.4) is 0 Å². The van der Waals surface area contributed by atoms with Gasteiger partial charge in [-0.3, -0.25) is 4.79 Å². The smallest absolute Gasteiger partial charge is 0.237 e. The average Bonchev–Trinajstić information content (AvgIpc) is 2.80. The van der Waals surface area contributed by atoms with Crippen LogP contribution in [-0.2, 0) is 14.6 Å². The van der Waals surface area contributed by atoms with Crippen molar-refractivity contribution in [2.45, 2.75) is 43.9 Å². The van der Waals surface area contributed by atoms with E-state index in [0.717, 1.165) is 12.8 Å². The molecule has 0 bridgehead atoms. The predicted molar refractivity (Wildman–Crippen MR) is 74.6 cm³/mol. The second-order valence-corrected chi connectivity index (χ2v) is 7.08. The van der Waals surface area contributed by atoms with E-state index in [1.54, 1.807) is 14.0 Å². The van der Waals surface area contributed by atoms with Crippen LogP contribution in [0.1, 0.15) is 32.6 Å².